The summed E-state index contributed by atoms with van der Waals surface area (Å²) in [5, 5.41) is 8.88. The summed E-state index contributed by atoms with van der Waals surface area (Å²) in [4.78, 5) is 10.8. The fourth-order valence-electron chi connectivity index (χ4n) is 1.80. The molecular formula is C13H19NO3. The Kier molecular flexibility index (Phi) is 4.97. The predicted molar refractivity (Wildman–Crippen MR) is 66.3 cm³/mol. The van der Waals surface area contributed by atoms with Crippen LogP contribution >= 0.6 is 0 Å². The highest BCUT2D eigenvalue weighted by atomic mass is 16.5. The monoisotopic (exact) mass is 237 g/mol. The summed E-state index contributed by atoms with van der Waals surface area (Å²) in [6.45, 7) is 4.32. The fraction of sp³-hybridized carbons (Fsp3) is 0.462. The lowest BCUT2D eigenvalue weighted by Crippen LogP contribution is -2.26. The van der Waals surface area contributed by atoms with Gasteiger partial charge in [-0.05, 0) is 31.5 Å². The molecule has 0 fully saturated rings. The summed E-state index contributed by atoms with van der Waals surface area (Å²) in [7, 11) is 0. The summed E-state index contributed by atoms with van der Waals surface area (Å²) in [5.41, 5.74) is 6.75. The minimum absolute atomic E-state index is 0.0350. The van der Waals surface area contributed by atoms with Crippen molar-refractivity contribution in [3.8, 4) is 5.75 Å². The van der Waals surface area contributed by atoms with Crippen LogP contribution in [-0.2, 0) is 4.79 Å². The number of hydrogen-bond donors (Lipinski definition) is 2. The number of carbonyl (C=O) groups is 1. The number of hydrogen-bond acceptors (Lipinski definition) is 3. The number of benzene rings is 1. The molecule has 1 rings (SSSR count). The molecule has 0 spiro atoms. The molecule has 4 heteroatoms. The van der Waals surface area contributed by atoms with Crippen molar-refractivity contribution in [2.45, 2.75) is 32.2 Å². The van der Waals surface area contributed by atoms with Crippen molar-refractivity contribution in [1.82, 2.24) is 0 Å². The SMILES string of the molecule is CCOc1cccc(C(CC(=O)O)C(C)N)c1. The molecular weight excluding hydrogens is 218 g/mol. The zero-order valence-electron chi connectivity index (χ0n) is 10.2. The second-order valence-electron chi connectivity index (χ2n) is 4.07. The zero-order chi connectivity index (χ0) is 12.8. The largest absolute Gasteiger partial charge is 0.494 e. The fourth-order valence-corrected chi connectivity index (χ4v) is 1.80. The molecule has 3 N–H and O–H groups in total. The van der Waals surface area contributed by atoms with Crippen molar-refractivity contribution in [1.29, 1.82) is 0 Å². The molecule has 4 nitrogen and oxygen atoms in total. The van der Waals surface area contributed by atoms with Crippen molar-refractivity contribution in [3.05, 3.63) is 29.8 Å². The van der Waals surface area contributed by atoms with Crippen LogP contribution in [0, 0.1) is 0 Å². The van der Waals surface area contributed by atoms with Gasteiger partial charge in [0.2, 0.25) is 0 Å². The Hall–Kier alpha value is -1.55. The Balaban J connectivity index is 2.93. The normalized spacial score (nSPS) is 14.1. The lowest BCUT2D eigenvalue weighted by Gasteiger charge is -2.20. The average Bonchev–Trinajstić information content (AvgIpc) is 2.26. The molecule has 0 aliphatic heterocycles. The molecule has 2 unspecified atom stereocenters. The molecule has 1 aromatic rings. The summed E-state index contributed by atoms with van der Waals surface area (Å²) >= 11 is 0. The maximum atomic E-state index is 10.8. The third-order valence-electron chi connectivity index (χ3n) is 2.63. The number of ether oxygens (including phenoxy) is 1. The second-order valence-corrected chi connectivity index (χ2v) is 4.07. The van der Waals surface area contributed by atoms with Crippen molar-refractivity contribution in [2.75, 3.05) is 6.61 Å². The Morgan fingerprint density at radius 2 is 2.24 bits per heavy atom. The Morgan fingerprint density at radius 3 is 2.76 bits per heavy atom. The predicted octanol–water partition coefficient (Wildman–Crippen LogP) is 1.99. The van der Waals surface area contributed by atoms with Gasteiger partial charge in [-0.3, -0.25) is 4.79 Å². The lowest BCUT2D eigenvalue weighted by atomic mass is 9.90. The minimum atomic E-state index is -0.839. The van der Waals surface area contributed by atoms with Gasteiger partial charge in [0.1, 0.15) is 5.75 Å². The van der Waals surface area contributed by atoms with Crippen LogP contribution in [-0.4, -0.2) is 23.7 Å². The first-order chi connectivity index (χ1) is 8.04. The molecule has 0 amide bonds. The molecule has 0 saturated carbocycles. The third kappa shape index (κ3) is 4.07. The lowest BCUT2D eigenvalue weighted by molar-refractivity contribution is -0.137. The van der Waals surface area contributed by atoms with Gasteiger partial charge in [-0.2, -0.15) is 0 Å². The number of nitrogens with two attached hydrogens (primary N) is 1. The molecule has 0 radical (unpaired) electrons. The molecule has 0 heterocycles. The molecule has 17 heavy (non-hydrogen) atoms. The van der Waals surface area contributed by atoms with E-state index in [1.807, 2.05) is 38.1 Å². The topological polar surface area (TPSA) is 72.5 Å². The van der Waals surface area contributed by atoms with E-state index in [1.54, 1.807) is 0 Å². The Labute approximate surface area is 101 Å². The first-order valence-corrected chi connectivity index (χ1v) is 5.74. The van der Waals surface area contributed by atoms with E-state index in [2.05, 4.69) is 0 Å². The van der Waals surface area contributed by atoms with Gasteiger partial charge >= 0.3 is 5.97 Å². The van der Waals surface area contributed by atoms with Crippen molar-refractivity contribution >= 4 is 5.97 Å². The molecule has 0 saturated heterocycles. The zero-order valence-corrected chi connectivity index (χ0v) is 10.2. The summed E-state index contributed by atoms with van der Waals surface area (Å²) in [6, 6.07) is 7.26. The highest BCUT2D eigenvalue weighted by molar-refractivity contribution is 5.68. The number of carboxylic acid groups (broad SMARTS) is 1. The molecule has 0 bridgehead atoms. The standard InChI is InChI=1S/C13H19NO3/c1-3-17-11-6-4-5-10(7-11)12(9(2)14)8-13(15)16/h4-7,9,12H,3,8,14H2,1-2H3,(H,15,16). The van der Waals surface area contributed by atoms with Gasteiger partial charge < -0.3 is 15.6 Å². The number of carboxylic acids is 1. The second kappa shape index (κ2) is 6.25. The quantitative estimate of drug-likeness (QED) is 0.793. The van der Waals surface area contributed by atoms with E-state index < -0.39 is 5.97 Å². The maximum Gasteiger partial charge on any atom is 0.304 e. The van der Waals surface area contributed by atoms with Crippen LogP contribution in [0.15, 0.2) is 24.3 Å². The summed E-state index contributed by atoms with van der Waals surface area (Å²) in [5.74, 6) is -0.275. The first kappa shape index (κ1) is 13.5. The summed E-state index contributed by atoms with van der Waals surface area (Å²) < 4.78 is 5.39. The molecule has 2 atom stereocenters. The van der Waals surface area contributed by atoms with E-state index in [1.165, 1.54) is 0 Å². The van der Waals surface area contributed by atoms with Crippen LogP contribution < -0.4 is 10.5 Å². The Bertz CT molecular complexity index is 377. The molecule has 0 aliphatic carbocycles. The van der Waals surface area contributed by atoms with Crippen molar-refractivity contribution in [2.24, 2.45) is 5.73 Å². The average molecular weight is 237 g/mol. The smallest absolute Gasteiger partial charge is 0.304 e. The van der Waals surface area contributed by atoms with Crippen molar-refractivity contribution in [3.63, 3.8) is 0 Å². The van der Waals surface area contributed by atoms with E-state index >= 15 is 0 Å². The number of aliphatic carboxylic acids is 1. The van der Waals surface area contributed by atoms with E-state index in [0.717, 1.165) is 11.3 Å². The Morgan fingerprint density at radius 1 is 1.53 bits per heavy atom. The third-order valence-corrected chi connectivity index (χ3v) is 2.63. The van der Waals surface area contributed by atoms with E-state index in [0.29, 0.717) is 6.61 Å². The van der Waals surface area contributed by atoms with Crippen LogP contribution in [0.1, 0.15) is 31.7 Å². The van der Waals surface area contributed by atoms with Gasteiger partial charge in [-0.15, -0.1) is 0 Å². The van der Waals surface area contributed by atoms with Gasteiger partial charge in [-0.25, -0.2) is 0 Å². The van der Waals surface area contributed by atoms with E-state index in [9.17, 15) is 4.79 Å². The van der Waals surface area contributed by atoms with E-state index in [-0.39, 0.29) is 18.4 Å². The molecule has 1 aromatic carbocycles. The molecule has 0 aliphatic rings. The van der Waals surface area contributed by atoms with Crippen LogP contribution in [0.3, 0.4) is 0 Å². The maximum absolute atomic E-state index is 10.8. The molecule has 0 aromatic heterocycles. The van der Waals surface area contributed by atoms with Crippen LogP contribution in [0.4, 0.5) is 0 Å². The van der Waals surface area contributed by atoms with Crippen LogP contribution in [0.5, 0.6) is 5.75 Å². The van der Waals surface area contributed by atoms with Gasteiger partial charge in [0.15, 0.2) is 0 Å². The minimum Gasteiger partial charge on any atom is -0.494 e. The van der Waals surface area contributed by atoms with Crippen molar-refractivity contribution < 1.29 is 14.6 Å². The van der Waals surface area contributed by atoms with Gasteiger partial charge in [0.05, 0.1) is 13.0 Å². The number of rotatable bonds is 6. The van der Waals surface area contributed by atoms with Crippen LogP contribution in [0.25, 0.3) is 0 Å². The highest BCUT2D eigenvalue weighted by Crippen LogP contribution is 2.26. The first-order valence-electron chi connectivity index (χ1n) is 5.74. The van der Waals surface area contributed by atoms with E-state index in [4.69, 9.17) is 15.6 Å². The van der Waals surface area contributed by atoms with Gasteiger partial charge in [0, 0.05) is 12.0 Å². The molecule has 94 valence electrons. The van der Waals surface area contributed by atoms with Gasteiger partial charge in [0.25, 0.3) is 0 Å². The van der Waals surface area contributed by atoms with Gasteiger partial charge in [-0.1, -0.05) is 12.1 Å². The van der Waals surface area contributed by atoms with Crippen LogP contribution in [0.2, 0.25) is 0 Å². The highest BCUT2D eigenvalue weighted by Gasteiger charge is 2.20. The summed E-state index contributed by atoms with van der Waals surface area (Å²) in [6.07, 6.45) is 0.0350.